The zero-order valence-electron chi connectivity index (χ0n) is 10.7. The van der Waals surface area contributed by atoms with Gasteiger partial charge in [0.25, 0.3) is 5.91 Å². The Hall–Kier alpha value is -2.56. The third-order valence-corrected chi connectivity index (χ3v) is 2.61. The molecule has 1 aromatic heterocycles. The number of hydrogen-bond acceptors (Lipinski definition) is 4. The fraction of sp³-hybridized carbons (Fsp3) is 0.143. The second-order valence-electron chi connectivity index (χ2n) is 4.03. The van der Waals surface area contributed by atoms with Crippen LogP contribution >= 0.6 is 0 Å². The van der Waals surface area contributed by atoms with E-state index in [1.165, 1.54) is 19.2 Å². The number of hydrogen-bond donors (Lipinski definition) is 2. The highest BCUT2D eigenvalue weighted by molar-refractivity contribution is 6.04. The molecule has 19 heavy (non-hydrogen) atoms. The van der Waals surface area contributed by atoms with E-state index >= 15 is 0 Å². The molecule has 0 fully saturated rings. The van der Waals surface area contributed by atoms with Crippen molar-refractivity contribution < 1.29 is 14.6 Å². The first-order chi connectivity index (χ1) is 9.10. The lowest BCUT2D eigenvalue weighted by molar-refractivity contribution is 0.102. The minimum Gasteiger partial charge on any atom is -0.504 e. The number of nitrogens with zero attached hydrogens (tertiary/aromatic N) is 1. The van der Waals surface area contributed by atoms with Gasteiger partial charge in [-0.25, -0.2) is 0 Å². The number of carbonyl (C=O) groups excluding carboxylic acids is 1. The fourth-order valence-electron chi connectivity index (χ4n) is 1.58. The van der Waals surface area contributed by atoms with Gasteiger partial charge in [0.1, 0.15) is 0 Å². The van der Waals surface area contributed by atoms with Crippen molar-refractivity contribution in [1.29, 1.82) is 0 Å². The number of carbonyl (C=O) groups is 1. The Bertz CT molecular complexity index is 594. The lowest BCUT2D eigenvalue weighted by Crippen LogP contribution is -2.12. The van der Waals surface area contributed by atoms with Gasteiger partial charge in [-0.1, -0.05) is 0 Å². The Balaban J connectivity index is 2.16. The van der Waals surface area contributed by atoms with Gasteiger partial charge in [0.15, 0.2) is 11.5 Å². The van der Waals surface area contributed by atoms with Gasteiger partial charge in [-0.05, 0) is 37.3 Å². The first kappa shape index (κ1) is 12.9. The number of aromatic nitrogens is 1. The number of rotatable bonds is 3. The minimum atomic E-state index is -0.316. The predicted molar refractivity (Wildman–Crippen MR) is 71.6 cm³/mol. The molecule has 0 aliphatic carbocycles. The second kappa shape index (κ2) is 5.39. The van der Waals surface area contributed by atoms with Gasteiger partial charge >= 0.3 is 0 Å². The van der Waals surface area contributed by atoms with Crippen LogP contribution in [0, 0.1) is 6.92 Å². The van der Waals surface area contributed by atoms with E-state index < -0.39 is 0 Å². The SMILES string of the molecule is COc1ccc(C(=O)Nc2ccc(C)nc2)cc1O. The van der Waals surface area contributed by atoms with Gasteiger partial charge in [0, 0.05) is 11.3 Å². The molecule has 5 nitrogen and oxygen atoms in total. The van der Waals surface area contributed by atoms with E-state index in [2.05, 4.69) is 10.3 Å². The Kier molecular flexibility index (Phi) is 3.66. The normalized spacial score (nSPS) is 10.0. The Labute approximate surface area is 110 Å². The number of methoxy groups -OCH3 is 1. The second-order valence-corrected chi connectivity index (χ2v) is 4.03. The third kappa shape index (κ3) is 3.01. The number of phenols is 1. The first-order valence-corrected chi connectivity index (χ1v) is 5.71. The molecule has 0 aliphatic heterocycles. The quantitative estimate of drug-likeness (QED) is 0.886. The summed E-state index contributed by atoms with van der Waals surface area (Å²) in [6.45, 7) is 1.87. The van der Waals surface area contributed by atoms with Crippen LogP contribution in [-0.4, -0.2) is 23.1 Å². The van der Waals surface area contributed by atoms with Crippen molar-refractivity contribution >= 4 is 11.6 Å². The van der Waals surface area contributed by atoms with Gasteiger partial charge in [0.2, 0.25) is 0 Å². The van der Waals surface area contributed by atoms with Crippen molar-refractivity contribution in [3.63, 3.8) is 0 Å². The van der Waals surface area contributed by atoms with Crippen molar-refractivity contribution in [3.8, 4) is 11.5 Å². The summed E-state index contributed by atoms with van der Waals surface area (Å²) in [5, 5.41) is 12.3. The van der Waals surface area contributed by atoms with Crippen LogP contribution in [0.4, 0.5) is 5.69 Å². The Morgan fingerprint density at radius 3 is 2.68 bits per heavy atom. The maximum absolute atomic E-state index is 12.0. The number of anilines is 1. The largest absolute Gasteiger partial charge is 0.504 e. The Morgan fingerprint density at radius 2 is 2.11 bits per heavy atom. The number of pyridine rings is 1. The zero-order chi connectivity index (χ0) is 13.8. The average molecular weight is 258 g/mol. The van der Waals surface area contributed by atoms with E-state index in [0.29, 0.717) is 17.0 Å². The van der Waals surface area contributed by atoms with Gasteiger partial charge in [0.05, 0.1) is 19.0 Å². The van der Waals surface area contributed by atoms with E-state index in [-0.39, 0.29) is 11.7 Å². The summed E-state index contributed by atoms with van der Waals surface area (Å²) in [6, 6.07) is 8.05. The zero-order valence-corrected chi connectivity index (χ0v) is 10.7. The molecule has 1 heterocycles. The number of aryl methyl sites for hydroxylation is 1. The van der Waals surface area contributed by atoms with Crippen molar-refractivity contribution in [1.82, 2.24) is 4.98 Å². The molecule has 2 aromatic rings. The number of benzene rings is 1. The molecule has 0 atom stereocenters. The maximum Gasteiger partial charge on any atom is 0.255 e. The lowest BCUT2D eigenvalue weighted by atomic mass is 10.2. The summed E-state index contributed by atoms with van der Waals surface area (Å²) in [5.74, 6) is -0.0608. The Morgan fingerprint density at radius 1 is 1.32 bits per heavy atom. The summed E-state index contributed by atoms with van der Waals surface area (Å²) in [5.41, 5.74) is 1.82. The van der Waals surface area contributed by atoms with E-state index in [4.69, 9.17) is 4.74 Å². The van der Waals surface area contributed by atoms with Gasteiger partial charge in [-0.3, -0.25) is 9.78 Å². The topological polar surface area (TPSA) is 71.5 Å². The molecule has 0 bridgehead atoms. The molecule has 0 saturated carbocycles. The van der Waals surface area contributed by atoms with Crippen LogP contribution in [0.15, 0.2) is 36.5 Å². The summed E-state index contributed by atoms with van der Waals surface area (Å²) in [6.07, 6.45) is 1.58. The fourth-order valence-corrected chi connectivity index (χ4v) is 1.58. The summed E-state index contributed by atoms with van der Waals surface area (Å²) < 4.78 is 4.92. The molecule has 1 aromatic carbocycles. The monoisotopic (exact) mass is 258 g/mol. The maximum atomic E-state index is 12.0. The molecule has 1 amide bonds. The van der Waals surface area contributed by atoms with Crippen LogP contribution < -0.4 is 10.1 Å². The molecule has 98 valence electrons. The highest BCUT2D eigenvalue weighted by Gasteiger charge is 2.09. The van der Waals surface area contributed by atoms with E-state index in [1.54, 1.807) is 24.4 Å². The van der Waals surface area contributed by atoms with Gasteiger partial charge < -0.3 is 15.2 Å². The molecule has 0 unspecified atom stereocenters. The van der Waals surface area contributed by atoms with Crippen LogP contribution in [-0.2, 0) is 0 Å². The third-order valence-electron chi connectivity index (χ3n) is 2.61. The van der Waals surface area contributed by atoms with Gasteiger partial charge in [-0.15, -0.1) is 0 Å². The van der Waals surface area contributed by atoms with Crippen molar-refractivity contribution in [2.75, 3.05) is 12.4 Å². The van der Waals surface area contributed by atoms with Crippen molar-refractivity contribution in [3.05, 3.63) is 47.8 Å². The molecule has 0 radical (unpaired) electrons. The minimum absolute atomic E-state index is 0.0721. The summed E-state index contributed by atoms with van der Waals surface area (Å²) >= 11 is 0. The van der Waals surface area contributed by atoms with E-state index in [1.807, 2.05) is 6.92 Å². The van der Waals surface area contributed by atoms with Crippen LogP contribution in [0.1, 0.15) is 16.1 Å². The molecule has 2 rings (SSSR count). The summed E-state index contributed by atoms with van der Waals surface area (Å²) in [4.78, 5) is 16.0. The lowest BCUT2D eigenvalue weighted by Gasteiger charge is -2.07. The average Bonchev–Trinajstić information content (AvgIpc) is 2.41. The molecular weight excluding hydrogens is 244 g/mol. The smallest absolute Gasteiger partial charge is 0.255 e. The van der Waals surface area contributed by atoms with Crippen molar-refractivity contribution in [2.24, 2.45) is 0 Å². The van der Waals surface area contributed by atoms with E-state index in [0.717, 1.165) is 5.69 Å². The first-order valence-electron chi connectivity index (χ1n) is 5.71. The standard InChI is InChI=1S/C14H14N2O3/c1-9-3-5-11(8-15-9)16-14(18)10-4-6-13(19-2)12(17)7-10/h3-8,17H,1-2H3,(H,16,18). The van der Waals surface area contributed by atoms with E-state index in [9.17, 15) is 9.90 Å². The summed E-state index contributed by atoms with van der Waals surface area (Å²) in [7, 11) is 1.45. The number of ether oxygens (including phenoxy) is 1. The molecule has 0 saturated heterocycles. The highest BCUT2D eigenvalue weighted by Crippen LogP contribution is 2.26. The number of phenolic OH excluding ortho intramolecular Hbond substituents is 1. The van der Waals surface area contributed by atoms with Crippen LogP contribution in [0.3, 0.4) is 0 Å². The number of nitrogens with one attached hydrogen (secondary N) is 1. The van der Waals surface area contributed by atoms with Crippen LogP contribution in [0.2, 0.25) is 0 Å². The number of aromatic hydroxyl groups is 1. The molecule has 2 N–H and O–H groups in total. The molecule has 0 aliphatic rings. The van der Waals surface area contributed by atoms with Crippen LogP contribution in [0.5, 0.6) is 11.5 Å². The highest BCUT2D eigenvalue weighted by atomic mass is 16.5. The molecule has 0 spiro atoms. The molecule has 5 heteroatoms. The predicted octanol–water partition coefficient (Wildman–Crippen LogP) is 2.36. The van der Waals surface area contributed by atoms with Crippen molar-refractivity contribution in [2.45, 2.75) is 6.92 Å². The number of amides is 1. The van der Waals surface area contributed by atoms with Crippen LogP contribution in [0.25, 0.3) is 0 Å². The van der Waals surface area contributed by atoms with Gasteiger partial charge in [-0.2, -0.15) is 0 Å². The molecular formula is C14H14N2O3.